The van der Waals surface area contributed by atoms with Gasteiger partial charge in [-0.05, 0) is 12.5 Å². The van der Waals surface area contributed by atoms with Crippen molar-refractivity contribution in [1.82, 2.24) is 4.90 Å². The van der Waals surface area contributed by atoms with E-state index in [1.165, 1.54) is 6.07 Å². The summed E-state index contributed by atoms with van der Waals surface area (Å²) in [6, 6.07) is 3.56. The average Bonchev–Trinajstić information content (AvgIpc) is 2.52. The normalized spacial score (nSPS) is 15.5. The van der Waals surface area contributed by atoms with Crippen LogP contribution in [-0.4, -0.2) is 54.2 Å². The molecule has 1 aromatic rings. The minimum absolute atomic E-state index is 0.263. The summed E-state index contributed by atoms with van der Waals surface area (Å²) in [5.41, 5.74) is -1.10. The van der Waals surface area contributed by atoms with E-state index in [9.17, 15) is 20.2 Å². The zero-order valence-corrected chi connectivity index (χ0v) is 12.0. The highest BCUT2D eigenvalue weighted by Gasteiger charge is 2.24. The third-order valence-electron chi connectivity index (χ3n) is 3.33. The fraction of sp³-hybridized carbons (Fsp3) is 0.538. The maximum atomic E-state index is 10.8. The van der Waals surface area contributed by atoms with Crippen molar-refractivity contribution in [3.63, 3.8) is 0 Å². The number of rotatable bonds is 7. The molecule has 0 atom stereocenters. The molecule has 1 saturated heterocycles. The molecule has 0 unspecified atom stereocenters. The third-order valence-corrected chi connectivity index (χ3v) is 3.33. The SMILES string of the molecule is O=[N+]([O-])c1ccc(OCCCN2CCOCC2)cc1[N+](=O)[O-]. The number of nitro groups is 2. The fourth-order valence-corrected chi connectivity index (χ4v) is 2.20. The van der Waals surface area contributed by atoms with Crippen molar-refractivity contribution in [1.29, 1.82) is 0 Å². The Labute approximate surface area is 126 Å². The van der Waals surface area contributed by atoms with Gasteiger partial charge in [0.15, 0.2) is 0 Å². The molecule has 0 bridgehead atoms. The smallest absolute Gasteiger partial charge is 0.349 e. The largest absolute Gasteiger partial charge is 0.493 e. The number of nitro benzene ring substituents is 2. The lowest BCUT2D eigenvalue weighted by Gasteiger charge is -2.26. The number of nitrogens with zero attached hydrogens (tertiary/aromatic N) is 3. The summed E-state index contributed by atoms with van der Waals surface area (Å²) in [5, 5.41) is 21.6. The van der Waals surface area contributed by atoms with Crippen molar-refractivity contribution >= 4 is 11.4 Å². The maximum absolute atomic E-state index is 10.8. The number of ether oxygens (including phenoxy) is 2. The van der Waals surface area contributed by atoms with E-state index in [2.05, 4.69) is 4.90 Å². The van der Waals surface area contributed by atoms with E-state index < -0.39 is 21.2 Å². The molecule has 0 aliphatic carbocycles. The van der Waals surface area contributed by atoms with Crippen molar-refractivity contribution in [2.75, 3.05) is 39.5 Å². The molecule has 0 N–H and O–H groups in total. The first kappa shape index (κ1) is 16.1. The predicted octanol–water partition coefficient (Wildman–Crippen LogP) is 1.60. The predicted molar refractivity (Wildman–Crippen MR) is 77.1 cm³/mol. The number of benzene rings is 1. The Kier molecular flexibility index (Phi) is 5.61. The fourth-order valence-electron chi connectivity index (χ4n) is 2.20. The van der Waals surface area contributed by atoms with Crippen LogP contribution in [0.25, 0.3) is 0 Å². The van der Waals surface area contributed by atoms with Crippen molar-refractivity contribution in [3.05, 3.63) is 38.4 Å². The molecular formula is C13H17N3O6. The molecule has 0 spiro atoms. The monoisotopic (exact) mass is 311 g/mol. The van der Waals surface area contributed by atoms with Crippen molar-refractivity contribution in [3.8, 4) is 5.75 Å². The van der Waals surface area contributed by atoms with Gasteiger partial charge in [0.2, 0.25) is 0 Å². The molecule has 0 amide bonds. The summed E-state index contributed by atoms with van der Waals surface area (Å²) < 4.78 is 10.7. The van der Waals surface area contributed by atoms with E-state index in [1.54, 1.807) is 0 Å². The van der Waals surface area contributed by atoms with Crippen LogP contribution in [0.5, 0.6) is 5.75 Å². The lowest BCUT2D eigenvalue weighted by molar-refractivity contribution is -0.422. The van der Waals surface area contributed by atoms with Gasteiger partial charge in [0.25, 0.3) is 0 Å². The Bertz CT molecular complexity index is 545. The van der Waals surface area contributed by atoms with Crippen LogP contribution in [0.4, 0.5) is 11.4 Å². The minimum Gasteiger partial charge on any atom is -0.493 e. The van der Waals surface area contributed by atoms with E-state index >= 15 is 0 Å². The molecular weight excluding hydrogens is 294 g/mol. The van der Waals surface area contributed by atoms with Gasteiger partial charge in [-0.3, -0.25) is 25.1 Å². The van der Waals surface area contributed by atoms with Crippen LogP contribution in [0.2, 0.25) is 0 Å². The zero-order chi connectivity index (χ0) is 15.9. The summed E-state index contributed by atoms with van der Waals surface area (Å²) in [4.78, 5) is 22.3. The average molecular weight is 311 g/mol. The highest BCUT2D eigenvalue weighted by atomic mass is 16.6. The first-order chi connectivity index (χ1) is 10.6. The van der Waals surface area contributed by atoms with Gasteiger partial charge in [-0.25, -0.2) is 0 Å². The summed E-state index contributed by atoms with van der Waals surface area (Å²) >= 11 is 0. The lowest BCUT2D eigenvalue weighted by atomic mass is 10.2. The number of morpholine rings is 1. The molecule has 1 aliphatic heterocycles. The van der Waals surface area contributed by atoms with Crippen molar-refractivity contribution in [2.24, 2.45) is 0 Å². The van der Waals surface area contributed by atoms with Crippen LogP contribution in [-0.2, 0) is 4.74 Å². The van der Waals surface area contributed by atoms with Crippen molar-refractivity contribution < 1.29 is 19.3 Å². The molecule has 9 nitrogen and oxygen atoms in total. The molecule has 0 radical (unpaired) electrons. The molecule has 1 fully saturated rings. The van der Waals surface area contributed by atoms with Crippen LogP contribution in [0.15, 0.2) is 18.2 Å². The van der Waals surface area contributed by atoms with Gasteiger partial charge in [0.1, 0.15) is 5.75 Å². The van der Waals surface area contributed by atoms with E-state index in [-0.39, 0.29) is 5.75 Å². The lowest BCUT2D eigenvalue weighted by Crippen LogP contribution is -2.37. The molecule has 120 valence electrons. The molecule has 0 saturated carbocycles. The van der Waals surface area contributed by atoms with E-state index in [4.69, 9.17) is 9.47 Å². The quantitative estimate of drug-likeness (QED) is 0.427. The molecule has 0 aromatic heterocycles. The summed E-state index contributed by atoms with van der Waals surface area (Å²) in [6.07, 6.45) is 0.769. The topological polar surface area (TPSA) is 108 Å². The first-order valence-corrected chi connectivity index (χ1v) is 6.93. The summed E-state index contributed by atoms with van der Waals surface area (Å²) in [5.74, 6) is 0.263. The van der Waals surface area contributed by atoms with Crippen LogP contribution >= 0.6 is 0 Å². The van der Waals surface area contributed by atoms with Crippen LogP contribution in [0, 0.1) is 20.2 Å². The zero-order valence-electron chi connectivity index (χ0n) is 12.0. The van der Waals surface area contributed by atoms with Crippen molar-refractivity contribution in [2.45, 2.75) is 6.42 Å². The standard InChI is InChI=1S/C13H17N3O6/c17-15(18)12-3-2-11(10-13(12)16(19)20)22-7-1-4-14-5-8-21-9-6-14/h2-3,10H,1,4-9H2. The Morgan fingerprint density at radius 3 is 2.45 bits per heavy atom. The van der Waals surface area contributed by atoms with E-state index in [1.807, 2.05) is 0 Å². The highest BCUT2D eigenvalue weighted by Crippen LogP contribution is 2.30. The molecule has 1 heterocycles. The van der Waals surface area contributed by atoms with Gasteiger partial charge in [-0.2, -0.15) is 0 Å². The van der Waals surface area contributed by atoms with Gasteiger partial charge in [0, 0.05) is 25.7 Å². The summed E-state index contributed by atoms with van der Waals surface area (Å²) in [7, 11) is 0. The van der Waals surface area contributed by atoms with Gasteiger partial charge in [-0.15, -0.1) is 0 Å². The Morgan fingerprint density at radius 1 is 1.14 bits per heavy atom. The molecule has 1 aliphatic rings. The minimum atomic E-state index is -0.779. The second-order valence-corrected chi connectivity index (χ2v) is 4.82. The van der Waals surface area contributed by atoms with Gasteiger partial charge >= 0.3 is 11.4 Å². The van der Waals surface area contributed by atoms with Crippen LogP contribution < -0.4 is 4.74 Å². The maximum Gasteiger partial charge on any atom is 0.349 e. The van der Waals surface area contributed by atoms with Crippen LogP contribution in [0.1, 0.15) is 6.42 Å². The van der Waals surface area contributed by atoms with Gasteiger partial charge in [-0.1, -0.05) is 0 Å². The second kappa shape index (κ2) is 7.66. The summed E-state index contributed by atoms with van der Waals surface area (Å²) in [6.45, 7) is 4.50. The molecule has 1 aromatic carbocycles. The molecule has 22 heavy (non-hydrogen) atoms. The second-order valence-electron chi connectivity index (χ2n) is 4.82. The van der Waals surface area contributed by atoms with E-state index in [0.717, 1.165) is 51.4 Å². The Balaban J connectivity index is 1.86. The van der Waals surface area contributed by atoms with E-state index in [0.29, 0.717) is 6.61 Å². The first-order valence-electron chi connectivity index (χ1n) is 6.93. The van der Waals surface area contributed by atoms with Gasteiger partial charge in [0.05, 0.1) is 35.7 Å². The Hall–Kier alpha value is -2.26. The number of hydrogen-bond donors (Lipinski definition) is 0. The molecule has 2 rings (SSSR count). The highest BCUT2D eigenvalue weighted by molar-refractivity contribution is 5.55. The number of hydrogen-bond acceptors (Lipinski definition) is 7. The molecule has 9 heteroatoms. The van der Waals surface area contributed by atoms with Gasteiger partial charge < -0.3 is 9.47 Å². The third kappa shape index (κ3) is 4.37. The Morgan fingerprint density at radius 2 is 1.82 bits per heavy atom. The van der Waals surface area contributed by atoms with Crippen LogP contribution in [0.3, 0.4) is 0 Å².